The molecule has 1 heterocycles. The predicted molar refractivity (Wildman–Crippen MR) is 126 cm³/mol. The second kappa shape index (κ2) is 9.39. The highest BCUT2D eigenvalue weighted by atomic mass is 16.5. The maximum Gasteiger partial charge on any atom is 0.255 e. The highest BCUT2D eigenvalue weighted by Gasteiger charge is 2.13. The molecule has 0 radical (unpaired) electrons. The van der Waals surface area contributed by atoms with Gasteiger partial charge in [-0.1, -0.05) is 18.2 Å². The second-order valence-corrected chi connectivity index (χ2v) is 7.09. The van der Waals surface area contributed by atoms with Crippen LogP contribution in [-0.2, 0) is 0 Å². The SMILES string of the molecule is CCOc1cc(-c2cccc(OC)c2)nc2ccc(C(=O)Nc3cccc(OC)c3)cc12. The van der Waals surface area contributed by atoms with E-state index in [9.17, 15) is 4.79 Å². The van der Waals surface area contributed by atoms with Gasteiger partial charge >= 0.3 is 0 Å². The van der Waals surface area contributed by atoms with Gasteiger partial charge in [0.25, 0.3) is 5.91 Å². The molecule has 1 amide bonds. The molecular weight excluding hydrogens is 404 g/mol. The van der Waals surface area contributed by atoms with Crippen molar-refractivity contribution in [2.45, 2.75) is 6.92 Å². The summed E-state index contributed by atoms with van der Waals surface area (Å²) in [6, 6.07) is 22.2. The van der Waals surface area contributed by atoms with Gasteiger partial charge in [0.05, 0.1) is 32.0 Å². The lowest BCUT2D eigenvalue weighted by atomic mass is 10.1. The van der Waals surface area contributed by atoms with E-state index in [-0.39, 0.29) is 5.91 Å². The third-order valence-corrected chi connectivity index (χ3v) is 5.03. The summed E-state index contributed by atoms with van der Waals surface area (Å²) in [5.74, 6) is 1.88. The Morgan fingerprint density at radius 3 is 2.41 bits per heavy atom. The molecule has 0 saturated heterocycles. The van der Waals surface area contributed by atoms with E-state index in [2.05, 4.69) is 5.32 Å². The van der Waals surface area contributed by atoms with Crippen LogP contribution in [0.15, 0.2) is 72.8 Å². The van der Waals surface area contributed by atoms with Crippen LogP contribution >= 0.6 is 0 Å². The molecule has 0 bridgehead atoms. The number of fused-ring (bicyclic) bond motifs is 1. The Hall–Kier alpha value is -4.06. The van der Waals surface area contributed by atoms with E-state index in [0.717, 1.165) is 27.9 Å². The average molecular weight is 428 g/mol. The molecule has 6 nitrogen and oxygen atoms in total. The normalized spacial score (nSPS) is 10.6. The molecule has 0 aliphatic carbocycles. The van der Waals surface area contributed by atoms with Gasteiger partial charge in [0, 0.05) is 34.3 Å². The largest absolute Gasteiger partial charge is 0.497 e. The van der Waals surface area contributed by atoms with Crippen LogP contribution in [0.5, 0.6) is 17.2 Å². The first-order chi connectivity index (χ1) is 15.6. The van der Waals surface area contributed by atoms with E-state index in [0.29, 0.717) is 29.4 Å². The number of hydrogen-bond acceptors (Lipinski definition) is 5. The monoisotopic (exact) mass is 428 g/mol. The first-order valence-electron chi connectivity index (χ1n) is 10.3. The maximum atomic E-state index is 12.9. The molecule has 4 aromatic rings. The van der Waals surface area contributed by atoms with Gasteiger partial charge in [-0.3, -0.25) is 4.79 Å². The smallest absolute Gasteiger partial charge is 0.255 e. The summed E-state index contributed by atoms with van der Waals surface area (Å²) < 4.78 is 16.5. The van der Waals surface area contributed by atoms with Crippen molar-refractivity contribution in [3.8, 4) is 28.5 Å². The number of amides is 1. The molecule has 0 unspecified atom stereocenters. The summed E-state index contributed by atoms with van der Waals surface area (Å²) in [4.78, 5) is 17.6. The highest BCUT2D eigenvalue weighted by molar-refractivity contribution is 6.07. The topological polar surface area (TPSA) is 69.7 Å². The van der Waals surface area contributed by atoms with Crippen LogP contribution in [0.3, 0.4) is 0 Å². The van der Waals surface area contributed by atoms with Crippen molar-refractivity contribution in [3.63, 3.8) is 0 Å². The Kier molecular flexibility index (Phi) is 6.22. The lowest BCUT2D eigenvalue weighted by Gasteiger charge is -2.12. The summed E-state index contributed by atoms with van der Waals surface area (Å²) >= 11 is 0. The van der Waals surface area contributed by atoms with Gasteiger partial charge < -0.3 is 19.5 Å². The molecule has 0 fully saturated rings. The number of aromatic nitrogens is 1. The standard InChI is InChI=1S/C26H24N2O4/c1-4-32-25-16-24(17-7-5-9-20(13-17)30-2)28-23-12-11-18(14-22(23)25)26(29)27-19-8-6-10-21(15-19)31-3/h5-16H,4H2,1-3H3,(H,27,29). The number of pyridine rings is 1. The van der Waals surface area contributed by atoms with E-state index < -0.39 is 0 Å². The van der Waals surface area contributed by atoms with Gasteiger partial charge in [-0.15, -0.1) is 0 Å². The first-order valence-corrected chi connectivity index (χ1v) is 10.3. The minimum Gasteiger partial charge on any atom is -0.497 e. The summed E-state index contributed by atoms with van der Waals surface area (Å²) in [5.41, 5.74) is 3.61. The number of rotatable bonds is 7. The minimum atomic E-state index is -0.223. The van der Waals surface area contributed by atoms with Gasteiger partial charge in [-0.25, -0.2) is 4.98 Å². The molecule has 4 rings (SSSR count). The molecule has 32 heavy (non-hydrogen) atoms. The highest BCUT2D eigenvalue weighted by Crippen LogP contribution is 2.32. The Bertz CT molecular complexity index is 1270. The molecule has 162 valence electrons. The minimum absolute atomic E-state index is 0.223. The zero-order valence-corrected chi connectivity index (χ0v) is 18.2. The number of methoxy groups -OCH3 is 2. The van der Waals surface area contributed by atoms with Crippen molar-refractivity contribution in [3.05, 3.63) is 78.4 Å². The number of carbonyl (C=O) groups excluding carboxylic acids is 1. The maximum absolute atomic E-state index is 12.9. The number of nitrogens with zero attached hydrogens (tertiary/aromatic N) is 1. The summed E-state index contributed by atoms with van der Waals surface area (Å²) in [6.07, 6.45) is 0. The van der Waals surface area contributed by atoms with Crippen molar-refractivity contribution in [1.82, 2.24) is 4.98 Å². The Morgan fingerprint density at radius 1 is 0.906 bits per heavy atom. The van der Waals surface area contributed by atoms with Gasteiger partial charge in [0.1, 0.15) is 17.2 Å². The van der Waals surface area contributed by atoms with E-state index >= 15 is 0 Å². The molecule has 0 atom stereocenters. The number of anilines is 1. The summed E-state index contributed by atoms with van der Waals surface area (Å²) in [7, 11) is 3.23. The van der Waals surface area contributed by atoms with E-state index in [1.165, 1.54) is 0 Å². The van der Waals surface area contributed by atoms with Crippen molar-refractivity contribution in [1.29, 1.82) is 0 Å². The van der Waals surface area contributed by atoms with Gasteiger partial charge in [-0.05, 0) is 49.4 Å². The van der Waals surface area contributed by atoms with E-state index in [1.807, 2.05) is 61.5 Å². The first kappa shape index (κ1) is 21.2. The summed E-state index contributed by atoms with van der Waals surface area (Å²) in [6.45, 7) is 2.42. The number of ether oxygens (including phenoxy) is 3. The molecule has 1 aromatic heterocycles. The van der Waals surface area contributed by atoms with Gasteiger partial charge in [0.15, 0.2) is 0 Å². The Labute approximate surface area is 186 Å². The lowest BCUT2D eigenvalue weighted by molar-refractivity contribution is 0.102. The third-order valence-electron chi connectivity index (χ3n) is 5.03. The molecule has 6 heteroatoms. The zero-order chi connectivity index (χ0) is 22.5. The molecule has 1 N–H and O–H groups in total. The van der Waals surface area contributed by atoms with Crippen LogP contribution in [0.4, 0.5) is 5.69 Å². The van der Waals surface area contributed by atoms with E-state index in [1.54, 1.807) is 32.4 Å². The van der Waals surface area contributed by atoms with Crippen LogP contribution in [0.25, 0.3) is 22.2 Å². The second-order valence-electron chi connectivity index (χ2n) is 7.09. The van der Waals surface area contributed by atoms with Gasteiger partial charge in [-0.2, -0.15) is 0 Å². The molecule has 0 spiro atoms. The van der Waals surface area contributed by atoms with Crippen LogP contribution < -0.4 is 19.5 Å². The van der Waals surface area contributed by atoms with Gasteiger partial charge in [0.2, 0.25) is 0 Å². The fourth-order valence-corrected chi connectivity index (χ4v) is 3.45. The molecule has 0 aliphatic rings. The molecule has 0 saturated carbocycles. The quantitative estimate of drug-likeness (QED) is 0.417. The predicted octanol–water partition coefficient (Wildman–Crippen LogP) is 5.57. The molecular formula is C26H24N2O4. The fraction of sp³-hybridized carbons (Fsp3) is 0.154. The molecule has 3 aromatic carbocycles. The van der Waals surface area contributed by atoms with E-state index in [4.69, 9.17) is 19.2 Å². The van der Waals surface area contributed by atoms with Crippen molar-refractivity contribution in [2.24, 2.45) is 0 Å². The summed E-state index contributed by atoms with van der Waals surface area (Å²) in [5, 5.41) is 3.68. The van der Waals surface area contributed by atoms with Crippen molar-refractivity contribution < 1.29 is 19.0 Å². The third kappa shape index (κ3) is 4.49. The van der Waals surface area contributed by atoms with Crippen LogP contribution in [0.2, 0.25) is 0 Å². The Morgan fingerprint density at radius 2 is 1.66 bits per heavy atom. The number of benzene rings is 3. The van der Waals surface area contributed by atoms with Crippen LogP contribution in [0.1, 0.15) is 17.3 Å². The van der Waals surface area contributed by atoms with Crippen LogP contribution in [0, 0.1) is 0 Å². The number of hydrogen-bond donors (Lipinski definition) is 1. The average Bonchev–Trinajstić information content (AvgIpc) is 2.84. The van der Waals surface area contributed by atoms with Crippen molar-refractivity contribution >= 4 is 22.5 Å². The zero-order valence-electron chi connectivity index (χ0n) is 18.2. The lowest BCUT2D eigenvalue weighted by Crippen LogP contribution is -2.12. The van der Waals surface area contributed by atoms with Crippen molar-refractivity contribution in [2.75, 3.05) is 26.1 Å². The molecule has 0 aliphatic heterocycles. The number of carbonyl (C=O) groups is 1. The number of nitrogens with one attached hydrogen (secondary N) is 1. The Balaban J connectivity index is 1.71. The fourth-order valence-electron chi connectivity index (χ4n) is 3.45. The van der Waals surface area contributed by atoms with Crippen LogP contribution in [-0.4, -0.2) is 31.7 Å².